The molecule has 24 heavy (non-hydrogen) atoms. The van der Waals surface area contributed by atoms with Crippen LogP contribution in [0.1, 0.15) is 43.1 Å². The van der Waals surface area contributed by atoms with E-state index in [1.807, 2.05) is 11.3 Å². The van der Waals surface area contributed by atoms with Gasteiger partial charge in [0.25, 0.3) is 0 Å². The van der Waals surface area contributed by atoms with Crippen LogP contribution in [-0.4, -0.2) is 9.55 Å². The SMILES string of the molecule is CCCn1c(C2(c3c(C)[nH]c4sccc34)CC2)cc2ccccc21. The van der Waals surface area contributed by atoms with Gasteiger partial charge in [0.1, 0.15) is 4.83 Å². The Labute approximate surface area is 146 Å². The Bertz CT molecular complexity index is 1040. The van der Waals surface area contributed by atoms with Gasteiger partial charge in [-0.25, -0.2) is 0 Å². The van der Waals surface area contributed by atoms with E-state index in [9.17, 15) is 0 Å². The van der Waals surface area contributed by atoms with E-state index in [1.165, 1.54) is 51.8 Å². The third-order valence-electron chi connectivity index (χ3n) is 5.59. The van der Waals surface area contributed by atoms with Gasteiger partial charge in [0, 0.05) is 34.3 Å². The number of thiophene rings is 1. The Morgan fingerprint density at radius 1 is 1.21 bits per heavy atom. The van der Waals surface area contributed by atoms with Crippen molar-refractivity contribution in [2.45, 2.75) is 45.1 Å². The summed E-state index contributed by atoms with van der Waals surface area (Å²) in [5, 5.41) is 5.02. The smallest absolute Gasteiger partial charge is 0.100 e. The lowest BCUT2D eigenvalue weighted by Gasteiger charge is -2.20. The van der Waals surface area contributed by atoms with Crippen LogP contribution >= 0.6 is 11.3 Å². The van der Waals surface area contributed by atoms with Crippen molar-refractivity contribution in [2.75, 3.05) is 0 Å². The fraction of sp³-hybridized carbons (Fsp3) is 0.333. The van der Waals surface area contributed by atoms with Gasteiger partial charge in [-0.1, -0.05) is 25.1 Å². The lowest BCUT2D eigenvalue weighted by atomic mass is 9.90. The molecule has 1 saturated carbocycles. The molecular weight excluding hydrogens is 312 g/mol. The molecule has 1 aliphatic rings. The van der Waals surface area contributed by atoms with Crippen LogP contribution in [0, 0.1) is 6.92 Å². The second kappa shape index (κ2) is 5.00. The fourth-order valence-corrected chi connectivity index (χ4v) is 5.33. The summed E-state index contributed by atoms with van der Waals surface area (Å²) in [6.45, 7) is 5.62. The number of hydrogen-bond donors (Lipinski definition) is 1. The maximum atomic E-state index is 3.62. The maximum absolute atomic E-state index is 3.62. The Balaban J connectivity index is 1.79. The van der Waals surface area contributed by atoms with E-state index in [0.717, 1.165) is 6.54 Å². The minimum atomic E-state index is 0.206. The number of H-pyrrole nitrogens is 1. The molecule has 122 valence electrons. The van der Waals surface area contributed by atoms with Crippen molar-refractivity contribution in [3.05, 3.63) is 58.7 Å². The molecular formula is C21H22N2S. The van der Waals surface area contributed by atoms with Crippen molar-refractivity contribution in [2.24, 2.45) is 0 Å². The van der Waals surface area contributed by atoms with Gasteiger partial charge in [0.05, 0.1) is 0 Å². The van der Waals surface area contributed by atoms with Gasteiger partial charge in [0.2, 0.25) is 0 Å². The zero-order chi connectivity index (χ0) is 16.3. The number of nitrogens with one attached hydrogen (secondary N) is 1. The molecule has 3 aromatic heterocycles. The van der Waals surface area contributed by atoms with E-state index < -0.39 is 0 Å². The number of aromatic amines is 1. The number of fused-ring (bicyclic) bond motifs is 2. The molecule has 3 heterocycles. The molecule has 1 aromatic carbocycles. The number of benzene rings is 1. The van der Waals surface area contributed by atoms with E-state index in [-0.39, 0.29) is 5.41 Å². The van der Waals surface area contributed by atoms with E-state index >= 15 is 0 Å². The molecule has 4 aromatic rings. The lowest BCUT2D eigenvalue weighted by molar-refractivity contribution is 0.633. The third-order valence-corrected chi connectivity index (χ3v) is 6.42. The molecule has 5 rings (SSSR count). The van der Waals surface area contributed by atoms with Crippen LogP contribution in [0.2, 0.25) is 0 Å². The summed E-state index contributed by atoms with van der Waals surface area (Å²) in [4.78, 5) is 4.94. The van der Waals surface area contributed by atoms with Crippen LogP contribution in [-0.2, 0) is 12.0 Å². The van der Waals surface area contributed by atoms with E-state index in [0.29, 0.717) is 0 Å². The largest absolute Gasteiger partial charge is 0.350 e. The predicted octanol–water partition coefficient (Wildman–Crippen LogP) is 5.98. The highest BCUT2D eigenvalue weighted by atomic mass is 32.1. The first-order valence-corrected chi connectivity index (χ1v) is 9.77. The topological polar surface area (TPSA) is 20.7 Å². The zero-order valence-electron chi connectivity index (χ0n) is 14.2. The monoisotopic (exact) mass is 334 g/mol. The van der Waals surface area contributed by atoms with Gasteiger partial charge in [-0.2, -0.15) is 0 Å². The summed E-state index contributed by atoms with van der Waals surface area (Å²) < 4.78 is 2.58. The molecule has 0 bridgehead atoms. The summed E-state index contributed by atoms with van der Waals surface area (Å²) in [6, 6.07) is 13.6. The van der Waals surface area contributed by atoms with Crippen LogP contribution in [0.3, 0.4) is 0 Å². The molecule has 0 spiro atoms. The standard InChI is InChI=1S/C21H22N2S/c1-3-11-23-17-7-5-4-6-15(17)13-18(23)21(9-10-21)19-14(2)22-20-16(19)8-12-24-20/h4-8,12-13,22H,3,9-11H2,1-2H3. The zero-order valence-corrected chi connectivity index (χ0v) is 15.0. The van der Waals surface area contributed by atoms with Crippen LogP contribution in [0.15, 0.2) is 41.8 Å². The van der Waals surface area contributed by atoms with E-state index in [1.54, 1.807) is 5.56 Å². The molecule has 0 saturated heterocycles. The van der Waals surface area contributed by atoms with Crippen molar-refractivity contribution in [1.29, 1.82) is 0 Å². The lowest BCUT2D eigenvalue weighted by Crippen LogP contribution is -2.16. The minimum Gasteiger partial charge on any atom is -0.350 e. The van der Waals surface area contributed by atoms with Gasteiger partial charge in [0.15, 0.2) is 0 Å². The molecule has 1 N–H and O–H groups in total. The molecule has 0 unspecified atom stereocenters. The summed E-state index contributed by atoms with van der Waals surface area (Å²) >= 11 is 1.82. The van der Waals surface area contributed by atoms with Crippen molar-refractivity contribution >= 4 is 32.5 Å². The average Bonchev–Trinajstić information content (AvgIpc) is 2.94. The second-order valence-corrected chi connectivity index (χ2v) is 8.03. The molecule has 0 aliphatic heterocycles. The minimum absolute atomic E-state index is 0.206. The van der Waals surface area contributed by atoms with Crippen LogP contribution in [0.4, 0.5) is 0 Å². The first-order chi connectivity index (χ1) is 11.7. The molecule has 3 heteroatoms. The average molecular weight is 334 g/mol. The number of nitrogens with zero attached hydrogens (tertiary/aromatic N) is 1. The Hall–Kier alpha value is -2.00. The number of aromatic nitrogens is 2. The van der Waals surface area contributed by atoms with Gasteiger partial charge in [-0.3, -0.25) is 0 Å². The molecule has 0 radical (unpaired) electrons. The molecule has 0 amide bonds. The van der Waals surface area contributed by atoms with Gasteiger partial charge in [-0.15, -0.1) is 11.3 Å². The van der Waals surface area contributed by atoms with Crippen molar-refractivity contribution in [3.8, 4) is 0 Å². The highest BCUT2D eigenvalue weighted by Gasteiger charge is 2.50. The fourth-order valence-electron chi connectivity index (χ4n) is 4.49. The number of hydrogen-bond acceptors (Lipinski definition) is 1. The molecule has 1 aliphatic carbocycles. The first kappa shape index (κ1) is 14.4. The van der Waals surface area contributed by atoms with Crippen molar-refractivity contribution in [3.63, 3.8) is 0 Å². The quantitative estimate of drug-likeness (QED) is 0.474. The Morgan fingerprint density at radius 3 is 2.83 bits per heavy atom. The summed E-state index contributed by atoms with van der Waals surface area (Å²) in [6.07, 6.45) is 3.69. The van der Waals surface area contributed by atoms with Crippen molar-refractivity contribution < 1.29 is 0 Å². The Morgan fingerprint density at radius 2 is 2.04 bits per heavy atom. The highest BCUT2D eigenvalue weighted by molar-refractivity contribution is 7.16. The van der Waals surface area contributed by atoms with Crippen LogP contribution in [0.25, 0.3) is 21.1 Å². The Kier molecular flexibility index (Phi) is 2.99. The van der Waals surface area contributed by atoms with E-state index in [2.05, 4.69) is 65.2 Å². The van der Waals surface area contributed by atoms with Crippen LogP contribution in [0.5, 0.6) is 0 Å². The van der Waals surface area contributed by atoms with Crippen molar-refractivity contribution in [1.82, 2.24) is 9.55 Å². The normalized spacial score (nSPS) is 16.2. The predicted molar refractivity (Wildman–Crippen MR) is 103 cm³/mol. The van der Waals surface area contributed by atoms with Gasteiger partial charge in [-0.05, 0) is 60.7 Å². The molecule has 2 nitrogen and oxygen atoms in total. The summed E-state index contributed by atoms with van der Waals surface area (Å²) in [5.41, 5.74) is 6.00. The highest BCUT2D eigenvalue weighted by Crippen LogP contribution is 2.57. The number of rotatable bonds is 4. The van der Waals surface area contributed by atoms with Gasteiger partial charge < -0.3 is 9.55 Å². The second-order valence-electron chi connectivity index (χ2n) is 7.11. The van der Waals surface area contributed by atoms with Crippen LogP contribution < -0.4 is 0 Å². The maximum Gasteiger partial charge on any atom is 0.100 e. The number of para-hydroxylation sites is 1. The van der Waals surface area contributed by atoms with E-state index in [4.69, 9.17) is 0 Å². The van der Waals surface area contributed by atoms with Gasteiger partial charge >= 0.3 is 0 Å². The molecule has 0 atom stereocenters. The third kappa shape index (κ3) is 1.82. The molecule has 1 fully saturated rings. The summed E-state index contributed by atoms with van der Waals surface area (Å²) in [7, 11) is 0. The summed E-state index contributed by atoms with van der Waals surface area (Å²) in [5.74, 6) is 0. The number of aryl methyl sites for hydroxylation is 2. The first-order valence-electron chi connectivity index (χ1n) is 8.89.